The zero-order chi connectivity index (χ0) is 7.11. The zero-order valence-electron chi connectivity index (χ0n) is 5.47. The Kier molecular flexibility index (Phi) is 5.46. The summed E-state index contributed by atoms with van der Waals surface area (Å²) in [7, 11) is 0. The summed E-state index contributed by atoms with van der Waals surface area (Å²) in [5.41, 5.74) is 0. The largest absolute Gasteiger partial charge is 0.320 e. The third-order valence-corrected chi connectivity index (χ3v) is 1.41. The third kappa shape index (κ3) is 4.12. The lowest BCUT2D eigenvalue weighted by atomic mass is 10.00. The van der Waals surface area contributed by atoms with Crippen molar-refractivity contribution in [2.75, 3.05) is 0 Å². The first-order valence-corrected chi connectivity index (χ1v) is 3.17. The van der Waals surface area contributed by atoms with E-state index in [1.807, 2.05) is 0 Å². The maximum Gasteiger partial charge on any atom is 0.132 e. The van der Waals surface area contributed by atoms with Crippen LogP contribution in [0, 0.1) is 0 Å². The number of ketones is 1. The van der Waals surface area contributed by atoms with Crippen LogP contribution in [-0.4, -0.2) is 11.0 Å². The predicted molar refractivity (Wildman–Crippen MR) is 34.1 cm³/mol. The molecule has 0 atom stereocenters. The topological polar surface area (TPSA) is 63.3 Å². The van der Waals surface area contributed by atoms with Crippen LogP contribution in [0.15, 0.2) is 0 Å². The number of hydrogen-bond acceptors (Lipinski definition) is 3. The van der Waals surface area contributed by atoms with E-state index in [0.29, 0.717) is 5.78 Å². The lowest BCUT2D eigenvalue weighted by Crippen LogP contribution is -2.02. The highest BCUT2D eigenvalue weighted by atomic mass is 16.4. The van der Waals surface area contributed by atoms with E-state index in [0.717, 1.165) is 25.7 Å². The monoisotopic (exact) mass is 131 g/mol. The van der Waals surface area contributed by atoms with Crippen LogP contribution in [0.1, 0.15) is 32.1 Å². The lowest BCUT2D eigenvalue weighted by Gasteiger charge is -2.05. The van der Waals surface area contributed by atoms with Gasteiger partial charge in [-0.15, -0.1) is 0 Å². The second-order valence-electron chi connectivity index (χ2n) is 2.10. The van der Waals surface area contributed by atoms with Crippen molar-refractivity contribution in [2.24, 2.45) is 5.90 Å². The number of rotatable bonds is 0. The van der Waals surface area contributed by atoms with Gasteiger partial charge in [0.25, 0.3) is 0 Å². The van der Waals surface area contributed by atoms with Crippen molar-refractivity contribution in [3.05, 3.63) is 0 Å². The molecule has 0 bridgehead atoms. The molecule has 3 N–H and O–H groups in total. The molecule has 0 radical (unpaired) electrons. The predicted octanol–water partition coefficient (Wildman–Crippen LogP) is 0.854. The molecule has 0 aliphatic heterocycles. The Morgan fingerprint density at radius 3 is 1.78 bits per heavy atom. The molecule has 0 aromatic heterocycles. The Balaban J connectivity index is 0.000000291. The second kappa shape index (κ2) is 5.72. The molecule has 1 aliphatic rings. The summed E-state index contributed by atoms with van der Waals surface area (Å²) in [5, 5.41) is 6.50. The van der Waals surface area contributed by atoms with Crippen molar-refractivity contribution >= 4 is 5.78 Å². The molecule has 1 fully saturated rings. The normalized spacial score (nSPS) is 18.2. The summed E-state index contributed by atoms with van der Waals surface area (Å²) in [6.45, 7) is 0. The molecule has 0 heterocycles. The van der Waals surface area contributed by atoms with Gasteiger partial charge in [0.2, 0.25) is 0 Å². The molecule has 1 rings (SSSR count). The maximum atomic E-state index is 10.5. The molecule has 0 spiro atoms. The lowest BCUT2D eigenvalue weighted by molar-refractivity contribution is -0.120. The quantitative estimate of drug-likeness (QED) is 0.479. The molecule has 0 amide bonds. The highest BCUT2D eigenvalue weighted by Crippen LogP contribution is 2.12. The number of Topliss-reactive ketones (excluding diaryl/α,β-unsaturated/α-hetero) is 1. The molecular weight excluding hydrogens is 118 g/mol. The minimum atomic E-state index is 0.464. The van der Waals surface area contributed by atoms with Gasteiger partial charge < -0.3 is 5.21 Å². The fourth-order valence-electron chi connectivity index (χ4n) is 0.946. The Bertz CT molecular complexity index is 75.1. The molecule has 1 saturated carbocycles. The first-order chi connectivity index (χ1) is 4.39. The van der Waals surface area contributed by atoms with Gasteiger partial charge in [0.15, 0.2) is 0 Å². The van der Waals surface area contributed by atoms with E-state index in [9.17, 15) is 4.79 Å². The molecule has 0 unspecified atom stereocenters. The van der Waals surface area contributed by atoms with Crippen molar-refractivity contribution < 1.29 is 10.0 Å². The van der Waals surface area contributed by atoms with E-state index in [1.54, 1.807) is 0 Å². The summed E-state index contributed by atoms with van der Waals surface area (Å²) in [5.74, 6) is 3.96. The van der Waals surface area contributed by atoms with Gasteiger partial charge in [-0.05, 0) is 12.8 Å². The van der Waals surface area contributed by atoms with Crippen LogP contribution in [0.25, 0.3) is 0 Å². The number of hydrogen-bond donors (Lipinski definition) is 2. The Morgan fingerprint density at radius 2 is 1.56 bits per heavy atom. The maximum absolute atomic E-state index is 10.5. The molecule has 3 nitrogen and oxygen atoms in total. The Hall–Kier alpha value is -0.410. The third-order valence-electron chi connectivity index (χ3n) is 1.41. The first kappa shape index (κ1) is 8.59. The molecule has 0 saturated heterocycles. The standard InChI is InChI=1S/C6H10O.H3NO/c7-6-4-2-1-3-5-6;1-2/h1-5H2;2H,1H2. The van der Waals surface area contributed by atoms with E-state index >= 15 is 0 Å². The highest BCUT2D eigenvalue weighted by Gasteiger charge is 2.05. The molecule has 9 heavy (non-hydrogen) atoms. The molecule has 0 aromatic rings. The van der Waals surface area contributed by atoms with Crippen molar-refractivity contribution in [1.82, 2.24) is 0 Å². The van der Waals surface area contributed by atoms with Crippen molar-refractivity contribution in [1.29, 1.82) is 0 Å². The average molecular weight is 131 g/mol. The highest BCUT2D eigenvalue weighted by molar-refractivity contribution is 5.78. The smallest absolute Gasteiger partial charge is 0.132 e. The van der Waals surface area contributed by atoms with Gasteiger partial charge in [-0.25, -0.2) is 5.90 Å². The summed E-state index contributed by atoms with van der Waals surface area (Å²) in [6.07, 6.45) is 5.24. The van der Waals surface area contributed by atoms with E-state index in [-0.39, 0.29) is 0 Å². The van der Waals surface area contributed by atoms with E-state index < -0.39 is 0 Å². The number of carbonyl (C=O) groups is 1. The fourth-order valence-corrected chi connectivity index (χ4v) is 0.946. The van der Waals surface area contributed by atoms with Gasteiger partial charge in [0.05, 0.1) is 0 Å². The van der Waals surface area contributed by atoms with Crippen LogP contribution in [0.3, 0.4) is 0 Å². The van der Waals surface area contributed by atoms with Gasteiger partial charge in [-0.3, -0.25) is 4.79 Å². The Morgan fingerprint density at radius 1 is 1.11 bits per heavy atom. The van der Waals surface area contributed by atoms with Crippen molar-refractivity contribution in [3.8, 4) is 0 Å². The summed E-state index contributed by atoms with van der Waals surface area (Å²) >= 11 is 0. The molecule has 1 aliphatic carbocycles. The number of carbonyl (C=O) groups excluding carboxylic acids is 1. The van der Waals surface area contributed by atoms with Crippen LogP contribution in [0.5, 0.6) is 0 Å². The minimum Gasteiger partial charge on any atom is -0.320 e. The summed E-state index contributed by atoms with van der Waals surface area (Å²) < 4.78 is 0. The van der Waals surface area contributed by atoms with Gasteiger partial charge in [-0.1, -0.05) is 6.42 Å². The molecular formula is C6H13NO2. The summed E-state index contributed by atoms with van der Waals surface area (Å²) in [6, 6.07) is 0. The van der Waals surface area contributed by atoms with Crippen LogP contribution in [-0.2, 0) is 4.79 Å². The van der Waals surface area contributed by atoms with Crippen molar-refractivity contribution in [2.45, 2.75) is 32.1 Å². The minimum absolute atomic E-state index is 0.464. The van der Waals surface area contributed by atoms with Crippen LogP contribution >= 0.6 is 0 Å². The molecule has 3 heteroatoms. The van der Waals surface area contributed by atoms with E-state index in [2.05, 4.69) is 5.90 Å². The SMILES string of the molecule is NO.O=C1CCCCC1. The zero-order valence-corrected chi connectivity index (χ0v) is 5.47. The van der Waals surface area contributed by atoms with Crippen LogP contribution in [0.2, 0.25) is 0 Å². The average Bonchev–Trinajstić information content (AvgIpc) is 1.94. The van der Waals surface area contributed by atoms with Crippen LogP contribution in [0.4, 0.5) is 0 Å². The van der Waals surface area contributed by atoms with Crippen LogP contribution < -0.4 is 5.90 Å². The fraction of sp³-hybridized carbons (Fsp3) is 0.833. The van der Waals surface area contributed by atoms with Gasteiger partial charge in [0.1, 0.15) is 5.78 Å². The van der Waals surface area contributed by atoms with Gasteiger partial charge in [-0.2, -0.15) is 0 Å². The molecule has 0 aromatic carbocycles. The summed E-state index contributed by atoms with van der Waals surface area (Å²) in [4.78, 5) is 10.5. The Labute approximate surface area is 54.8 Å². The van der Waals surface area contributed by atoms with E-state index in [1.165, 1.54) is 6.42 Å². The number of nitrogens with two attached hydrogens (primary N) is 1. The van der Waals surface area contributed by atoms with E-state index in [4.69, 9.17) is 5.21 Å². The van der Waals surface area contributed by atoms with Crippen molar-refractivity contribution in [3.63, 3.8) is 0 Å². The van der Waals surface area contributed by atoms with Gasteiger partial charge >= 0.3 is 0 Å². The van der Waals surface area contributed by atoms with Gasteiger partial charge in [0, 0.05) is 12.8 Å². The second-order valence-corrected chi connectivity index (χ2v) is 2.10. The molecule has 54 valence electrons. The first-order valence-electron chi connectivity index (χ1n) is 3.17.